The van der Waals surface area contributed by atoms with Crippen LogP contribution in [0, 0.1) is 5.92 Å². The molecular weight excluding hydrogens is 338 g/mol. The summed E-state index contributed by atoms with van der Waals surface area (Å²) in [5, 5.41) is 14.8. The second-order valence-corrected chi connectivity index (χ2v) is 6.77. The van der Waals surface area contributed by atoms with Crippen LogP contribution < -0.4 is 5.32 Å². The predicted molar refractivity (Wildman–Crippen MR) is 85.2 cm³/mol. The number of benzene rings is 1. The number of halogens is 1. The highest BCUT2D eigenvalue weighted by Crippen LogP contribution is 2.28. The van der Waals surface area contributed by atoms with Crippen LogP contribution in [0.15, 0.2) is 40.2 Å². The van der Waals surface area contributed by atoms with Crippen LogP contribution in [-0.4, -0.2) is 11.0 Å². The molecule has 3 nitrogen and oxygen atoms in total. The van der Waals surface area contributed by atoms with E-state index < -0.39 is 0 Å². The molecule has 1 unspecified atom stereocenters. The molecule has 0 saturated carbocycles. The maximum atomic E-state index is 12.3. The quantitative estimate of drug-likeness (QED) is 0.858. The van der Waals surface area contributed by atoms with Gasteiger partial charge < -0.3 is 10.4 Å². The molecule has 0 spiro atoms. The Labute approximate surface area is 130 Å². The first kappa shape index (κ1) is 15.1. The molecule has 1 aromatic heterocycles. The summed E-state index contributed by atoms with van der Waals surface area (Å²) in [5.74, 6) is -0.0112. The van der Waals surface area contributed by atoms with Gasteiger partial charge in [-0.3, -0.25) is 4.79 Å². The van der Waals surface area contributed by atoms with E-state index in [0.29, 0.717) is 0 Å². The average Bonchev–Trinajstić information content (AvgIpc) is 2.88. The first-order valence-electron chi connectivity index (χ1n) is 6.32. The molecule has 2 N–H and O–H groups in total. The van der Waals surface area contributed by atoms with Gasteiger partial charge in [0.05, 0.1) is 11.6 Å². The zero-order valence-corrected chi connectivity index (χ0v) is 13.7. The molecule has 0 aliphatic rings. The Morgan fingerprint density at radius 3 is 2.65 bits per heavy atom. The molecule has 0 aliphatic heterocycles. The lowest BCUT2D eigenvalue weighted by Crippen LogP contribution is -2.31. The minimum atomic E-state index is -0.262. The van der Waals surface area contributed by atoms with Gasteiger partial charge in [-0.05, 0) is 35.6 Å². The molecule has 1 heterocycles. The first-order chi connectivity index (χ1) is 9.49. The number of hydrogen-bond acceptors (Lipinski definition) is 3. The van der Waals surface area contributed by atoms with Crippen LogP contribution in [0.3, 0.4) is 0 Å². The molecule has 0 aliphatic carbocycles. The minimum Gasteiger partial charge on any atom is -0.507 e. The Bertz CT molecular complexity index is 596. The third-order valence-corrected chi connectivity index (χ3v) is 4.46. The number of carbonyl (C=O) groups excluding carboxylic acids is 1. The molecule has 1 aromatic carbocycles. The second-order valence-electron chi connectivity index (χ2n) is 4.87. The van der Waals surface area contributed by atoms with E-state index in [2.05, 4.69) is 35.1 Å². The van der Waals surface area contributed by atoms with E-state index in [9.17, 15) is 9.90 Å². The van der Waals surface area contributed by atoms with Crippen LogP contribution in [0.4, 0.5) is 0 Å². The van der Waals surface area contributed by atoms with Gasteiger partial charge in [0.15, 0.2) is 0 Å². The lowest BCUT2D eigenvalue weighted by atomic mass is 10.0. The smallest absolute Gasteiger partial charge is 0.255 e. The topological polar surface area (TPSA) is 49.3 Å². The van der Waals surface area contributed by atoms with Crippen molar-refractivity contribution in [2.24, 2.45) is 5.92 Å². The standard InChI is InChI=1S/C15H16BrNO2S/c1-9(2)14(13-4-3-7-20-13)17-15(19)11-6-5-10(16)8-12(11)18/h3-9,14,18H,1-2H3,(H,17,19). The number of nitrogens with one attached hydrogen (secondary N) is 1. The summed E-state index contributed by atoms with van der Waals surface area (Å²) in [7, 11) is 0. The van der Waals surface area contributed by atoms with Gasteiger partial charge in [-0.15, -0.1) is 11.3 Å². The fourth-order valence-electron chi connectivity index (χ4n) is 1.95. The zero-order chi connectivity index (χ0) is 14.7. The van der Waals surface area contributed by atoms with Gasteiger partial charge >= 0.3 is 0 Å². The number of aromatic hydroxyl groups is 1. The van der Waals surface area contributed by atoms with Crippen LogP contribution in [0.5, 0.6) is 5.75 Å². The van der Waals surface area contributed by atoms with Crippen LogP contribution >= 0.6 is 27.3 Å². The molecule has 5 heteroatoms. The highest BCUT2D eigenvalue weighted by Gasteiger charge is 2.21. The largest absolute Gasteiger partial charge is 0.507 e. The molecule has 0 saturated heterocycles. The van der Waals surface area contributed by atoms with Gasteiger partial charge in [0.25, 0.3) is 5.91 Å². The van der Waals surface area contributed by atoms with Crippen molar-refractivity contribution in [3.05, 3.63) is 50.6 Å². The van der Waals surface area contributed by atoms with Crippen molar-refractivity contribution in [3.63, 3.8) is 0 Å². The number of carbonyl (C=O) groups is 1. The third kappa shape index (κ3) is 3.41. The fraction of sp³-hybridized carbons (Fsp3) is 0.267. The predicted octanol–water partition coefficient (Wildman–Crippen LogP) is 4.34. The average molecular weight is 354 g/mol. The second kappa shape index (κ2) is 6.41. The van der Waals surface area contributed by atoms with Crippen LogP contribution in [0.1, 0.15) is 35.1 Å². The normalized spacial score (nSPS) is 12.4. The van der Waals surface area contributed by atoms with Crippen molar-refractivity contribution < 1.29 is 9.90 Å². The van der Waals surface area contributed by atoms with Crippen molar-refractivity contribution in [2.45, 2.75) is 19.9 Å². The summed E-state index contributed by atoms with van der Waals surface area (Å²) in [5.41, 5.74) is 0.287. The van der Waals surface area contributed by atoms with Gasteiger partial charge in [0.1, 0.15) is 5.75 Å². The molecule has 0 bridgehead atoms. The summed E-state index contributed by atoms with van der Waals surface area (Å²) < 4.78 is 0.741. The molecule has 1 amide bonds. The van der Waals surface area contributed by atoms with E-state index in [1.165, 1.54) is 6.07 Å². The van der Waals surface area contributed by atoms with Gasteiger partial charge in [0, 0.05) is 9.35 Å². The Kier molecular flexibility index (Phi) is 4.83. The minimum absolute atomic E-state index is 0.0226. The van der Waals surface area contributed by atoms with Crippen molar-refractivity contribution in [3.8, 4) is 5.75 Å². The summed E-state index contributed by atoms with van der Waals surface area (Å²) in [6.07, 6.45) is 0. The summed E-state index contributed by atoms with van der Waals surface area (Å²) in [6.45, 7) is 4.12. The molecular formula is C15H16BrNO2S. The number of rotatable bonds is 4. The monoisotopic (exact) mass is 353 g/mol. The summed E-state index contributed by atoms with van der Waals surface area (Å²) in [4.78, 5) is 13.4. The third-order valence-electron chi connectivity index (χ3n) is 3.01. The van der Waals surface area contributed by atoms with Crippen molar-refractivity contribution in [2.75, 3.05) is 0 Å². The first-order valence-corrected chi connectivity index (χ1v) is 7.99. The van der Waals surface area contributed by atoms with Crippen molar-refractivity contribution in [1.82, 2.24) is 5.32 Å². The van der Waals surface area contributed by atoms with E-state index in [4.69, 9.17) is 0 Å². The Morgan fingerprint density at radius 1 is 1.35 bits per heavy atom. The van der Waals surface area contributed by atoms with E-state index in [0.717, 1.165) is 9.35 Å². The maximum absolute atomic E-state index is 12.3. The zero-order valence-electron chi connectivity index (χ0n) is 11.3. The van der Waals surface area contributed by atoms with E-state index in [1.54, 1.807) is 23.5 Å². The van der Waals surface area contributed by atoms with Crippen molar-refractivity contribution in [1.29, 1.82) is 0 Å². The van der Waals surface area contributed by atoms with E-state index in [1.807, 2.05) is 17.5 Å². The van der Waals surface area contributed by atoms with E-state index >= 15 is 0 Å². The SMILES string of the molecule is CC(C)C(NC(=O)c1ccc(Br)cc1O)c1cccs1. The summed E-state index contributed by atoms with van der Waals surface area (Å²) >= 11 is 4.88. The molecule has 2 aromatic rings. The summed E-state index contributed by atoms with van der Waals surface area (Å²) in [6, 6.07) is 8.80. The number of hydrogen-bond donors (Lipinski definition) is 2. The number of phenolic OH excluding ortho intramolecular Hbond substituents is 1. The Hall–Kier alpha value is -1.33. The van der Waals surface area contributed by atoms with Gasteiger partial charge in [-0.1, -0.05) is 35.8 Å². The molecule has 20 heavy (non-hydrogen) atoms. The molecule has 106 valence electrons. The van der Waals surface area contributed by atoms with Crippen molar-refractivity contribution >= 4 is 33.2 Å². The number of phenols is 1. The molecule has 2 rings (SSSR count). The highest BCUT2D eigenvalue weighted by atomic mass is 79.9. The van der Waals surface area contributed by atoms with Gasteiger partial charge in [0.2, 0.25) is 0 Å². The Morgan fingerprint density at radius 2 is 2.10 bits per heavy atom. The van der Waals surface area contributed by atoms with Crippen LogP contribution in [0.2, 0.25) is 0 Å². The number of thiophene rings is 1. The van der Waals surface area contributed by atoms with Crippen LogP contribution in [-0.2, 0) is 0 Å². The lowest BCUT2D eigenvalue weighted by molar-refractivity contribution is 0.0924. The highest BCUT2D eigenvalue weighted by molar-refractivity contribution is 9.10. The maximum Gasteiger partial charge on any atom is 0.255 e. The fourth-order valence-corrected chi connectivity index (χ4v) is 3.25. The molecule has 0 fully saturated rings. The van der Waals surface area contributed by atoms with E-state index in [-0.39, 0.29) is 29.2 Å². The van der Waals surface area contributed by atoms with Gasteiger partial charge in [-0.2, -0.15) is 0 Å². The lowest BCUT2D eigenvalue weighted by Gasteiger charge is -2.21. The Balaban J connectivity index is 2.21. The molecule has 0 radical (unpaired) electrons. The van der Waals surface area contributed by atoms with Gasteiger partial charge in [-0.25, -0.2) is 0 Å². The van der Waals surface area contributed by atoms with Crippen LogP contribution in [0.25, 0.3) is 0 Å². The molecule has 1 atom stereocenters. The number of amides is 1.